The summed E-state index contributed by atoms with van der Waals surface area (Å²) in [6, 6.07) is 15.4. The van der Waals surface area contributed by atoms with Crippen LogP contribution >= 0.6 is 23.2 Å². The molecule has 0 heterocycles. The van der Waals surface area contributed by atoms with E-state index in [9.17, 15) is 0 Å². The molecule has 0 radical (unpaired) electrons. The quantitative estimate of drug-likeness (QED) is 0.674. The molecular formula is C12H8Cl2. The van der Waals surface area contributed by atoms with Gasteiger partial charge in [-0.15, -0.1) is 0 Å². The van der Waals surface area contributed by atoms with E-state index in [-0.39, 0.29) is 0 Å². The van der Waals surface area contributed by atoms with E-state index in [0.717, 1.165) is 21.2 Å². The molecule has 0 fully saturated rings. The van der Waals surface area contributed by atoms with Gasteiger partial charge in [0, 0.05) is 21.2 Å². The van der Waals surface area contributed by atoms with Crippen molar-refractivity contribution in [3.8, 4) is 11.1 Å². The maximum Gasteiger partial charge on any atom is 0.0484 e. The fourth-order valence-corrected chi connectivity index (χ4v) is 1.83. The van der Waals surface area contributed by atoms with Gasteiger partial charge in [-0.3, -0.25) is 0 Å². The molecule has 0 aliphatic heterocycles. The molecule has 0 N–H and O–H groups in total. The fraction of sp³-hybridized carbons (Fsp3) is 0. The molecule has 70 valence electrons. The van der Waals surface area contributed by atoms with Crippen molar-refractivity contribution in [2.75, 3.05) is 0 Å². The largest absolute Gasteiger partial charge is 0.0837 e. The van der Waals surface area contributed by atoms with Crippen LogP contribution in [0.25, 0.3) is 11.1 Å². The first-order chi connectivity index (χ1) is 6.79. The Hall–Kier alpha value is -0.980. The van der Waals surface area contributed by atoms with Gasteiger partial charge < -0.3 is 0 Å². The zero-order chi connectivity index (χ0) is 9.97. The van der Waals surface area contributed by atoms with E-state index >= 15 is 0 Å². The summed E-state index contributed by atoms with van der Waals surface area (Å²) in [7, 11) is 0. The molecule has 0 aliphatic rings. The first-order valence-electron chi connectivity index (χ1n) is 4.28. The molecule has 2 aromatic rings. The van der Waals surface area contributed by atoms with Crippen LogP contribution in [0.1, 0.15) is 0 Å². The van der Waals surface area contributed by atoms with E-state index in [1.54, 1.807) is 0 Å². The van der Waals surface area contributed by atoms with Crippen LogP contribution in [-0.2, 0) is 0 Å². The molecule has 2 aromatic carbocycles. The minimum absolute atomic E-state index is 0.723. The summed E-state index contributed by atoms with van der Waals surface area (Å²) in [4.78, 5) is 0. The summed E-state index contributed by atoms with van der Waals surface area (Å²) in [5.74, 6) is 0. The lowest BCUT2D eigenvalue weighted by molar-refractivity contribution is 1.62. The van der Waals surface area contributed by atoms with Crippen LogP contribution in [0.5, 0.6) is 0 Å². The standard InChI is InChI=1S/C12H8Cl2/c13-11-7-3-1-5-9(11)10-6-2-4-8-12(10)14/h1-8H/i1+1,2+1,3+1,4+1,5+1,6+1,7+1,8+1,9+1,10+1,11+1,12+1. The molecule has 0 amide bonds. The number of hydrogen-bond donors (Lipinski definition) is 0. The molecule has 2 rings (SSSR count). The number of halogens is 2. The second kappa shape index (κ2) is 4.04. The third-order valence-corrected chi connectivity index (χ3v) is 2.70. The van der Waals surface area contributed by atoms with Crippen molar-refractivity contribution in [3.63, 3.8) is 0 Å². The second-order valence-corrected chi connectivity index (χ2v) is 3.77. The molecular weight excluding hydrogens is 227 g/mol. The van der Waals surface area contributed by atoms with Gasteiger partial charge in [0.2, 0.25) is 0 Å². The van der Waals surface area contributed by atoms with Crippen molar-refractivity contribution in [1.29, 1.82) is 0 Å². The van der Waals surface area contributed by atoms with Gasteiger partial charge in [0.05, 0.1) is 0 Å². The minimum atomic E-state index is 0.723. The van der Waals surface area contributed by atoms with Gasteiger partial charge in [-0.25, -0.2) is 0 Å². The van der Waals surface area contributed by atoms with Crippen molar-refractivity contribution in [2.45, 2.75) is 0 Å². The van der Waals surface area contributed by atoms with Crippen LogP contribution in [0.2, 0.25) is 10.0 Å². The second-order valence-electron chi connectivity index (χ2n) is 2.96. The summed E-state index contributed by atoms with van der Waals surface area (Å²) >= 11 is 12.1. The Balaban J connectivity index is 2.61. The molecule has 0 bridgehead atoms. The minimum Gasteiger partial charge on any atom is -0.0837 e. The third kappa shape index (κ3) is 1.77. The van der Waals surface area contributed by atoms with Crippen LogP contribution in [0, 0.1) is 0 Å². The highest BCUT2D eigenvalue weighted by molar-refractivity contribution is 6.36. The lowest BCUT2D eigenvalue weighted by atomic mass is 11.1. The molecule has 0 saturated carbocycles. The Bertz CT molecular complexity index is 406. The van der Waals surface area contributed by atoms with Crippen molar-refractivity contribution < 1.29 is 0 Å². The summed E-state index contributed by atoms with van der Waals surface area (Å²) in [6.07, 6.45) is 0. The molecule has 0 spiro atoms. The van der Waals surface area contributed by atoms with E-state index in [1.165, 1.54) is 0 Å². The van der Waals surface area contributed by atoms with E-state index < -0.39 is 0 Å². The fourth-order valence-electron chi connectivity index (χ4n) is 1.36. The first-order valence-corrected chi connectivity index (χ1v) is 5.04. The van der Waals surface area contributed by atoms with E-state index in [2.05, 4.69) is 0 Å². The number of hydrogen-bond acceptors (Lipinski definition) is 0. The zero-order valence-electron chi connectivity index (χ0n) is 7.37. The van der Waals surface area contributed by atoms with Gasteiger partial charge in [-0.1, -0.05) is 59.6 Å². The van der Waals surface area contributed by atoms with Gasteiger partial charge in [-0.05, 0) is 12.1 Å². The molecule has 0 unspecified atom stereocenters. The number of rotatable bonds is 1. The Labute approximate surface area is 93.1 Å². The van der Waals surface area contributed by atoms with Gasteiger partial charge in [-0.2, -0.15) is 0 Å². The lowest BCUT2D eigenvalue weighted by Crippen LogP contribution is -1.79. The van der Waals surface area contributed by atoms with Crippen molar-refractivity contribution in [1.82, 2.24) is 0 Å². The topological polar surface area (TPSA) is 0 Å². The highest BCUT2D eigenvalue weighted by atomic mass is 35.5. The van der Waals surface area contributed by atoms with Gasteiger partial charge in [0.25, 0.3) is 0 Å². The molecule has 0 nitrogen and oxygen atoms in total. The monoisotopic (exact) mass is 234 g/mol. The number of benzene rings is 2. The zero-order valence-corrected chi connectivity index (χ0v) is 8.89. The highest BCUT2D eigenvalue weighted by Crippen LogP contribution is 2.32. The van der Waals surface area contributed by atoms with Crippen molar-refractivity contribution in [2.24, 2.45) is 0 Å². The molecule has 0 saturated heterocycles. The van der Waals surface area contributed by atoms with Gasteiger partial charge >= 0.3 is 0 Å². The molecule has 0 atom stereocenters. The molecule has 0 aliphatic carbocycles. The average molecular weight is 235 g/mol. The summed E-state index contributed by atoms with van der Waals surface area (Å²) < 4.78 is 0. The van der Waals surface area contributed by atoms with Crippen molar-refractivity contribution >= 4 is 23.2 Å². The first kappa shape index (κ1) is 9.57. The Morgan fingerprint density at radius 3 is 1.29 bits per heavy atom. The Morgan fingerprint density at radius 2 is 0.929 bits per heavy atom. The Morgan fingerprint density at radius 1 is 0.571 bits per heavy atom. The van der Waals surface area contributed by atoms with Crippen LogP contribution in [0.3, 0.4) is 0 Å². The van der Waals surface area contributed by atoms with Gasteiger partial charge in [0.1, 0.15) is 0 Å². The van der Waals surface area contributed by atoms with E-state index in [4.69, 9.17) is 23.2 Å². The van der Waals surface area contributed by atoms with Crippen molar-refractivity contribution in [3.05, 3.63) is 58.6 Å². The van der Waals surface area contributed by atoms with Crippen LogP contribution in [0.4, 0.5) is 0 Å². The molecule has 2 heteroatoms. The van der Waals surface area contributed by atoms with Crippen LogP contribution < -0.4 is 0 Å². The summed E-state index contributed by atoms with van der Waals surface area (Å²) in [5, 5.41) is 1.45. The third-order valence-electron chi connectivity index (χ3n) is 2.04. The van der Waals surface area contributed by atoms with E-state index in [0.29, 0.717) is 0 Å². The SMILES string of the molecule is Cl[13c]1[13cH][13cH][13cH][13cH][13c]1-[13c]1[13cH][13cH][13cH][13cH][13c]1Cl. The maximum atomic E-state index is 6.07. The Kier molecular flexibility index (Phi) is 2.76. The van der Waals surface area contributed by atoms with Crippen LogP contribution in [0.15, 0.2) is 48.5 Å². The predicted octanol–water partition coefficient (Wildman–Crippen LogP) is 4.66. The normalized spacial score (nSPS) is 10.1. The van der Waals surface area contributed by atoms with Gasteiger partial charge in [0.15, 0.2) is 0 Å². The summed E-state index contributed by atoms with van der Waals surface area (Å²) in [6.45, 7) is 0. The lowest BCUT2D eigenvalue weighted by Gasteiger charge is -2.05. The highest BCUT2D eigenvalue weighted by Gasteiger charge is 2.04. The molecule has 0 aromatic heterocycles. The predicted molar refractivity (Wildman–Crippen MR) is 61.9 cm³/mol. The summed E-state index contributed by atoms with van der Waals surface area (Å²) in [5.41, 5.74) is 1.94. The van der Waals surface area contributed by atoms with Crippen LogP contribution in [-0.4, -0.2) is 0 Å². The van der Waals surface area contributed by atoms with E-state index in [1.807, 2.05) is 48.5 Å². The smallest absolute Gasteiger partial charge is 0.0484 e. The molecule has 14 heavy (non-hydrogen) atoms. The average Bonchev–Trinajstić information content (AvgIpc) is 2.20. The maximum absolute atomic E-state index is 6.07.